The van der Waals surface area contributed by atoms with Crippen LogP contribution in [0.5, 0.6) is 5.75 Å². The molecule has 5 nitrogen and oxygen atoms in total. The molecule has 1 aromatic heterocycles. The first-order valence-corrected chi connectivity index (χ1v) is 6.72. The number of nitrogen functional groups attached to an aromatic ring is 1. The number of nitrogens with two attached hydrogens (primary N) is 1. The summed E-state index contributed by atoms with van der Waals surface area (Å²) in [6.45, 7) is 6.65. The van der Waals surface area contributed by atoms with Crippen molar-refractivity contribution in [3.63, 3.8) is 0 Å². The van der Waals surface area contributed by atoms with E-state index in [1.54, 1.807) is 6.07 Å². The molecule has 1 amide bonds. The minimum absolute atomic E-state index is 0.00957. The molecule has 1 heterocycles. The second-order valence-electron chi connectivity index (χ2n) is 5.81. The first kappa shape index (κ1) is 15.1. The van der Waals surface area contributed by atoms with Gasteiger partial charge in [-0.3, -0.25) is 10.2 Å². The van der Waals surface area contributed by atoms with Gasteiger partial charge in [-0.1, -0.05) is 39.0 Å². The standard InChI is InChI=1S/C16H20N2O3/c1-16(2,3)13-6-4-5-7-14(13)21-10-12-8-11(9-20-12)15(19)18-17/h4-9H,10,17H2,1-3H3,(H,18,19). The van der Waals surface area contributed by atoms with E-state index in [9.17, 15) is 4.79 Å². The molecule has 21 heavy (non-hydrogen) atoms. The predicted octanol–water partition coefficient (Wildman–Crippen LogP) is 2.76. The predicted molar refractivity (Wildman–Crippen MR) is 79.8 cm³/mol. The summed E-state index contributed by atoms with van der Waals surface area (Å²) in [5, 5.41) is 0. The zero-order chi connectivity index (χ0) is 15.5. The summed E-state index contributed by atoms with van der Waals surface area (Å²) < 4.78 is 11.1. The molecule has 0 spiro atoms. The second kappa shape index (κ2) is 6.01. The molecule has 0 aliphatic carbocycles. The van der Waals surface area contributed by atoms with Gasteiger partial charge in [-0.25, -0.2) is 5.84 Å². The fourth-order valence-electron chi connectivity index (χ4n) is 2.02. The highest BCUT2D eigenvalue weighted by Gasteiger charge is 2.18. The minimum atomic E-state index is -0.389. The average Bonchev–Trinajstić information content (AvgIpc) is 2.92. The summed E-state index contributed by atoms with van der Waals surface area (Å²) >= 11 is 0. The van der Waals surface area contributed by atoms with Gasteiger partial charge in [-0.05, 0) is 23.1 Å². The summed E-state index contributed by atoms with van der Waals surface area (Å²) in [4.78, 5) is 11.3. The first-order chi connectivity index (χ1) is 9.91. The van der Waals surface area contributed by atoms with Crippen LogP contribution in [-0.2, 0) is 12.0 Å². The molecule has 0 aliphatic rings. The van der Waals surface area contributed by atoms with Crippen molar-refractivity contribution >= 4 is 5.91 Å². The molecule has 0 fully saturated rings. The molecule has 3 N–H and O–H groups in total. The molecule has 0 radical (unpaired) electrons. The van der Waals surface area contributed by atoms with Crippen LogP contribution in [0.15, 0.2) is 41.0 Å². The number of hydrazine groups is 1. The van der Waals surface area contributed by atoms with Crippen LogP contribution in [-0.4, -0.2) is 5.91 Å². The number of rotatable bonds is 4. The van der Waals surface area contributed by atoms with E-state index in [1.165, 1.54) is 6.26 Å². The summed E-state index contributed by atoms with van der Waals surface area (Å²) in [5.74, 6) is 6.06. The summed E-state index contributed by atoms with van der Waals surface area (Å²) in [5.41, 5.74) is 3.55. The fraction of sp³-hybridized carbons (Fsp3) is 0.312. The number of nitrogens with one attached hydrogen (secondary N) is 1. The number of amides is 1. The largest absolute Gasteiger partial charge is 0.485 e. The Labute approximate surface area is 124 Å². The molecule has 1 aromatic carbocycles. The van der Waals surface area contributed by atoms with Crippen LogP contribution in [0.2, 0.25) is 0 Å². The summed E-state index contributed by atoms with van der Waals surface area (Å²) in [6.07, 6.45) is 1.36. The van der Waals surface area contributed by atoms with E-state index in [-0.39, 0.29) is 17.9 Å². The maximum absolute atomic E-state index is 11.3. The Morgan fingerprint density at radius 1 is 1.33 bits per heavy atom. The maximum Gasteiger partial charge on any atom is 0.268 e. The molecule has 0 atom stereocenters. The van der Waals surface area contributed by atoms with Crippen molar-refractivity contribution in [3.8, 4) is 5.75 Å². The van der Waals surface area contributed by atoms with Gasteiger partial charge in [-0.2, -0.15) is 0 Å². The van der Waals surface area contributed by atoms with Crippen molar-refractivity contribution in [1.82, 2.24) is 5.43 Å². The van der Waals surface area contributed by atoms with Crippen LogP contribution in [0.3, 0.4) is 0 Å². The smallest absolute Gasteiger partial charge is 0.268 e. The van der Waals surface area contributed by atoms with Gasteiger partial charge < -0.3 is 9.15 Å². The quantitative estimate of drug-likeness (QED) is 0.515. The molecule has 2 rings (SSSR count). The average molecular weight is 288 g/mol. The lowest BCUT2D eigenvalue weighted by molar-refractivity contribution is 0.0953. The van der Waals surface area contributed by atoms with E-state index >= 15 is 0 Å². The number of hydrogen-bond acceptors (Lipinski definition) is 4. The van der Waals surface area contributed by atoms with E-state index in [0.29, 0.717) is 11.3 Å². The topological polar surface area (TPSA) is 77.5 Å². The zero-order valence-electron chi connectivity index (χ0n) is 12.5. The first-order valence-electron chi connectivity index (χ1n) is 6.72. The lowest BCUT2D eigenvalue weighted by Crippen LogP contribution is -2.29. The Morgan fingerprint density at radius 2 is 2.05 bits per heavy atom. The highest BCUT2D eigenvalue weighted by Crippen LogP contribution is 2.31. The molecule has 5 heteroatoms. The van der Waals surface area contributed by atoms with E-state index < -0.39 is 0 Å². The highest BCUT2D eigenvalue weighted by atomic mass is 16.5. The Kier molecular flexibility index (Phi) is 4.33. The molecule has 2 aromatic rings. The Bertz CT molecular complexity index is 626. The van der Waals surface area contributed by atoms with Crippen LogP contribution < -0.4 is 16.0 Å². The van der Waals surface area contributed by atoms with E-state index in [2.05, 4.69) is 26.2 Å². The number of carbonyl (C=O) groups is 1. The highest BCUT2D eigenvalue weighted by molar-refractivity contribution is 5.93. The van der Waals surface area contributed by atoms with Gasteiger partial charge in [0, 0.05) is 0 Å². The number of ether oxygens (including phenoxy) is 1. The van der Waals surface area contributed by atoms with E-state index in [0.717, 1.165) is 11.3 Å². The van der Waals surface area contributed by atoms with Crippen molar-refractivity contribution in [3.05, 3.63) is 53.5 Å². The van der Waals surface area contributed by atoms with E-state index in [4.69, 9.17) is 15.0 Å². The zero-order valence-corrected chi connectivity index (χ0v) is 12.5. The van der Waals surface area contributed by atoms with Crippen LogP contribution in [0.25, 0.3) is 0 Å². The van der Waals surface area contributed by atoms with Crippen molar-refractivity contribution < 1.29 is 13.9 Å². The van der Waals surface area contributed by atoms with Crippen LogP contribution >= 0.6 is 0 Å². The Morgan fingerprint density at radius 3 is 2.71 bits per heavy atom. The molecular weight excluding hydrogens is 268 g/mol. The molecular formula is C16H20N2O3. The van der Waals surface area contributed by atoms with Gasteiger partial charge in [0.15, 0.2) is 0 Å². The van der Waals surface area contributed by atoms with Crippen molar-refractivity contribution in [1.29, 1.82) is 0 Å². The van der Waals surface area contributed by atoms with Crippen molar-refractivity contribution in [2.24, 2.45) is 5.84 Å². The third-order valence-electron chi connectivity index (χ3n) is 3.11. The van der Waals surface area contributed by atoms with Gasteiger partial charge in [0.25, 0.3) is 5.91 Å². The number of carbonyl (C=O) groups excluding carboxylic acids is 1. The van der Waals surface area contributed by atoms with Gasteiger partial charge in [0.1, 0.15) is 24.4 Å². The molecule has 0 aliphatic heterocycles. The minimum Gasteiger partial charge on any atom is -0.485 e. The second-order valence-corrected chi connectivity index (χ2v) is 5.81. The van der Waals surface area contributed by atoms with Crippen molar-refractivity contribution in [2.45, 2.75) is 32.8 Å². The summed E-state index contributed by atoms with van der Waals surface area (Å²) in [6, 6.07) is 9.51. The van der Waals surface area contributed by atoms with Gasteiger partial charge >= 0.3 is 0 Å². The Balaban J connectivity index is 2.10. The number of benzene rings is 1. The molecule has 0 saturated heterocycles. The normalized spacial score (nSPS) is 11.2. The molecule has 112 valence electrons. The van der Waals surface area contributed by atoms with Gasteiger partial charge in [0.2, 0.25) is 0 Å². The Hall–Kier alpha value is -2.27. The third kappa shape index (κ3) is 3.64. The molecule has 0 unspecified atom stereocenters. The van der Waals surface area contributed by atoms with E-state index in [1.807, 2.05) is 24.3 Å². The van der Waals surface area contributed by atoms with Crippen LogP contribution in [0, 0.1) is 0 Å². The van der Waals surface area contributed by atoms with Gasteiger partial charge in [0.05, 0.1) is 5.56 Å². The van der Waals surface area contributed by atoms with Crippen LogP contribution in [0.1, 0.15) is 42.5 Å². The lowest BCUT2D eigenvalue weighted by Gasteiger charge is -2.22. The molecule has 0 saturated carbocycles. The number of hydrogen-bond donors (Lipinski definition) is 2. The third-order valence-corrected chi connectivity index (χ3v) is 3.11. The molecule has 0 bridgehead atoms. The maximum atomic E-state index is 11.3. The van der Waals surface area contributed by atoms with Gasteiger partial charge in [-0.15, -0.1) is 0 Å². The number of furan rings is 1. The lowest BCUT2D eigenvalue weighted by atomic mass is 9.86. The summed E-state index contributed by atoms with van der Waals surface area (Å²) in [7, 11) is 0. The van der Waals surface area contributed by atoms with Crippen LogP contribution in [0.4, 0.5) is 0 Å². The van der Waals surface area contributed by atoms with Crippen molar-refractivity contribution in [2.75, 3.05) is 0 Å². The number of para-hydroxylation sites is 1. The monoisotopic (exact) mass is 288 g/mol. The fourth-order valence-corrected chi connectivity index (χ4v) is 2.02. The SMILES string of the molecule is CC(C)(C)c1ccccc1OCc1cc(C(=O)NN)co1.